The molecule has 2 N–H and O–H groups in total. The Bertz CT molecular complexity index is 577. The van der Waals surface area contributed by atoms with E-state index in [1.807, 2.05) is 0 Å². The van der Waals surface area contributed by atoms with Gasteiger partial charge in [0.15, 0.2) is 0 Å². The molecule has 2 aromatic rings. The van der Waals surface area contributed by atoms with Crippen LogP contribution in [-0.2, 0) is 12.8 Å². The zero-order valence-corrected chi connectivity index (χ0v) is 12.7. The maximum atomic E-state index is 3.61. The molecule has 0 aliphatic carbocycles. The number of benzene rings is 2. The molecule has 0 radical (unpaired) electrons. The van der Waals surface area contributed by atoms with Crippen molar-refractivity contribution in [2.75, 3.05) is 18.4 Å². The van der Waals surface area contributed by atoms with Crippen LogP contribution in [0.4, 0.5) is 5.69 Å². The van der Waals surface area contributed by atoms with Crippen LogP contribution in [0.25, 0.3) is 0 Å². The lowest BCUT2D eigenvalue weighted by Crippen LogP contribution is -2.21. The fourth-order valence-corrected chi connectivity index (χ4v) is 2.98. The number of anilines is 1. The Morgan fingerprint density at radius 3 is 2.86 bits per heavy atom. The van der Waals surface area contributed by atoms with E-state index in [-0.39, 0.29) is 0 Å². The minimum absolute atomic E-state index is 0.408. The van der Waals surface area contributed by atoms with Crippen LogP contribution >= 0.6 is 0 Å². The Balaban J connectivity index is 1.53. The number of hydrogen-bond donors (Lipinski definition) is 2. The van der Waals surface area contributed by atoms with Gasteiger partial charge in [-0.1, -0.05) is 42.5 Å². The number of aryl methyl sites for hydroxylation is 1. The van der Waals surface area contributed by atoms with Crippen LogP contribution in [0.2, 0.25) is 0 Å². The normalized spacial score (nSPS) is 15.1. The van der Waals surface area contributed by atoms with Gasteiger partial charge in [0.25, 0.3) is 0 Å². The first kappa shape index (κ1) is 14.2. The van der Waals surface area contributed by atoms with E-state index in [1.54, 1.807) is 0 Å². The zero-order valence-electron chi connectivity index (χ0n) is 12.7. The van der Waals surface area contributed by atoms with Crippen molar-refractivity contribution in [3.63, 3.8) is 0 Å². The molecule has 1 aliphatic rings. The van der Waals surface area contributed by atoms with Crippen molar-refractivity contribution < 1.29 is 0 Å². The fourth-order valence-electron chi connectivity index (χ4n) is 2.98. The maximum absolute atomic E-state index is 3.61. The Morgan fingerprint density at radius 2 is 2.00 bits per heavy atom. The Labute approximate surface area is 127 Å². The van der Waals surface area contributed by atoms with E-state index in [0.29, 0.717) is 6.04 Å². The van der Waals surface area contributed by atoms with Crippen molar-refractivity contribution in [2.24, 2.45) is 0 Å². The molecule has 1 heterocycles. The molecule has 1 atom stereocenters. The van der Waals surface area contributed by atoms with Crippen LogP contribution in [-0.4, -0.2) is 13.1 Å². The molecule has 0 aromatic heterocycles. The Kier molecular flexibility index (Phi) is 4.56. The number of rotatable bonds is 5. The predicted octanol–water partition coefficient (Wildman–Crippen LogP) is 3.94. The fraction of sp³-hybridized carbons (Fsp3) is 0.368. The SMILES string of the molecule is CC(NCCc1ccc2c(c1)CCCN2)c1ccccc1. The molecule has 0 saturated carbocycles. The van der Waals surface area contributed by atoms with Crippen molar-refractivity contribution in [1.82, 2.24) is 5.32 Å². The second kappa shape index (κ2) is 6.77. The highest BCUT2D eigenvalue weighted by Crippen LogP contribution is 2.23. The van der Waals surface area contributed by atoms with Gasteiger partial charge in [-0.2, -0.15) is 0 Å². The van der Waals surface area contributed by atoms with Crippen LogP contribution < -0.4 is 10.6 Å². The van der Waals surface area contributed by atoms with E-state index >= 15 is 0 Å². The third-order valence-corrected chi connectivity index (χ3v) is 4.27. The molecule has 1 aliphatic heterocycles. The van der Waals surface area contributed by atoms with E-state index in [9.17, 15) is 0 Å². The maximum Gasteiger partial charge on any atom is 0.0372 e. The lowest BCUT2D eigenvalue weighted by atomic mass is 9.99. The van der Waals surface area contributed by atoms with Crippen molar-refractivity contribution in [3.05, 3.63) is 65.2 Å². The van der Waals surface area contributed by atoms with Gasteiger partial charge in [-0.15, -0.1) is 0 Å². The van der Waals surface area contributed by atoms with Gasteiger partial charge in [-0.05, 0) is 55.5 Å². The molecule has 0 fully saturated rings. The van der Waals surface area contributed by atoms with Crippen molar-refractivity contribution in [3.8, 4) is 0 Å². The van der Waals surface area contributed by atoms with Crippen LogP contribution in [0.15, 0.2) is 48.5 Å². The van der Waals surface area contributed by atoms with E-state index in [2.05, 4.69) is 66.1 Å². The van der Waals surface area contributed by atoms with E-state index < -0.39 is 0 Å². The molecule has 110 valence electrons. The van der Waals surface area contributed by atoms with Crippen LogP contribution in [0.5, 0.6) is 0 Å². The topological polar surface area (TPSA) is 24.1 Å². The first-order valence-corrected chi connectivity index (χ1v) is 7.97. The van der Waals surface area contributed by atoms with Crippen LogP contribution in [0, 0.1) is 0 Å². The number of hydrogen-bond acceptors (Lipinski definition) is 2. The summed E-state index contributed by atoms with van der Waals surface area (Å²) in [5, 5.41) is 7.08. The standard InChI is InChI=1S/C19H24N2/c1-15(17-6-3-2-4-7-17)20-13-11-16-9-10-19-18(14-16)8-5-12-21-19/h2-4,6-7,9-10,14-15,20-21H,5,8,11-13H2,1H3. The molecule has 2 heteroatoms. The average Bonchev–Trinajstić information content (AvgIpc) is 2.55. The van der Waals surface area contributed by atoms with Crippen molar-refractivity contribution in [2.45, 2.75) is 32.2 Å². The largest absolute Gasteiger partial charge is 0.385 e. The summed E-state index contributed by atoms with van der Waals surface area (Å²) in [6, 6.07) is 17.9. The van der Waals surface area contributed by atoms with Gasteiger partial charge in [-0.3, -0.25) is 0 Å². The Morgan fingerprint density at radius 1 is 1.14 bits per heavy atom. The Hall–Kier alpha value is -1.80. The highest BCUT2D eigenvalue weighted by Gasteiger charge is 2.09. The first-order chi connectivity index (χ1) is 10.3. The third kappa shape index (κ3) is 3.64. The quantitative estimate of drug-likeness (QED) is 0.867. The molecular weight excluding hydrogens is 256 g/mol. The summed E-state index contributed by atoms with van der Waals surface area (Å²) in [6.45, 7) is 4.36. The molecule has 1 unspecified atom stereocenters. The summed E-state index contributed by atoms with van der Waals surface area (Å²) in [5.41, 5.74) is 5.60. The van der Waals surface area contributed by atoms with Crippen molar-refractivity contribution >= 4 is 5.69 Å². The smallest absolute Gasteiger partial charge is 0.0372 e. The molecule has 0 amide bonds. The van der Waals surface area contributed by atoms with Crippen molar-refractivity contribution in [1.29, 1.82) is 0 Å². The highest BCUT2D eigenvalue weighted by atomic mass is 14.9. The molecule has 3 rings (SSSR count). The second-order valence-corrected chi connectivity index (χ2v) is 5.86. The zero-order chi connectivity index (χ0) is 14.5. The van der Waals surface area contributed by atoms with Gasteiger partial charge >= 0.3 is 0 Å². The van der Waals surface area contributed by atoms with Gasteiger partial charge in [0, 0.05) is 18.3 Å². The third-order valence-electron chi connectivity index (χ3n) is 4.27. The monoisotopic (exact) mass is 280 g/mol. The summed E-state index contributed by atoms with van der Waals surface area (Å²) in [5.74, 6) is 0. The minimum Gasteiger partial charge on any atom is -0.385 e. The van der Waals surface area contributed by atoms with Gasteiger partial charge in [0.1, 0.15) is 0 Å². The summed E-state index contributed by atoms with van der Waals surface area (Å²) < 4.78 is 0. The lowest BCUT2D eigenvalue weighted by molar-refractivity contribution is 0.577. The number of nitrogens with one attached hydrogen (secondary N) is 2. The highest BCUT2D eigenvalue weighted by molar-refractivity contribution is 5.54. The summed E-state index contributed by atoms with van der Waals surface area (Å²) in [4.78, 5) is 0. The number of fused-ring (bicyclic) bond motifs is 1. The molecule has 0 saturated heterocycles. The van der Waals surface area contributed by atoms with E-state index in [1.165, 1.54) is 35.2 Å². The molecule has 21 heavy (non-hydrogen) atoms. The summed E-state index contributed by atoms with van der Waals surface area (Å²) in [6.07, 6.45) is 3.55. The molecule has 0 bridgehead atoms. The van der Waals surface area contributed by atoms with Gasteiger partial charge in [-0.25, -0.2) is 0 Å². The lowest BCUT2D eigenvalue weighted by Gasteiger charge is -2.19. The predicted molar refractivity (Wildman–Crippen MR) is 89.8 cm³/mol. The van der Waals surface area contributed by atoms with Gasteiger partial charge in [0.2, 0.25) is 0 Å². The first-order valence-electron chi connectivity index (χ1n) is 7.97. The van der Waals surface area contributed by atoms with E-state index in [4.69, 9.17) is 0 Å². The van der Waals surface area contributed by atoms with Gasteiger partial charge in [0.05, 0.1) is 0 Å². The summed E-state index contributed by atoms with van der Waals surface area (Å²) >= 11 is 0. The van der Waals surface area contributed by atoms with Crippen LogP contribution in [0.1, 0.15) is 36.1 Å². The summed E-state index contributed by atoms with van der Waals surface area (Å²) in [7, 11) is 0. The average molecular weight is 280 g/mol. The minimum atomic E-state index is 0.408. The van der Waals surface area contributed by atoms with Crippen LogP contribution in [0.3, 0.4) is 0 Å². The molecule has 0 spiro atoms. The van der Waals surface area contributed by atoms with E-state index in [0.717, 1.165) is 19.5 Å². The molecule has 2 aromatic carbocycles. The van der Waals surface area contributed by atoms with Gasteiger partial charge < -0.3 is 10.6 Å². The molecular formula is C19H24N2. The molecule has 2 nitrogen and oxygen atoms in total. The second-order valence-electron chi connectivity index (χ2n) is 5.86.